The number of carbonyl (C=O) groups is 2. The van der Waals surface area contributed by atoms with Crippen LogP contribution in [0.2, 0.25) is 0 Å². The van der Waals surface area contributed by atoms with Gasteiger partial charge in [0.2, 0.25) is 11.8 Å². The van der Waals surface area contributed by atoms with Crippen LogP contribution in [0, 0.1) is 6.92 Å². The molecule has 0 aliphatic carbocycles. The van der Waals surface area contributed by atoms with Crippen LogP contribution in [0.3, 0.4) is 0 Å². The van der Waals surface area contributed by atoms with E-state index >= 15 is 0 Å². The Hall–Kier alpha value is -2.66. The van der Waals surface area contributed by atoms with E-state index in [0.717, 1.165) is 23.1 Å². The molecule has 0 bridgehead atoms. The molecule has 2 rings (SSSR count). The molecule has 2 amide bonds. The van der Waals surface area contributed by atoms with Crippen LogP contribution in [0.25, 0.3) is 0 Å². The molecule has 0 radical (unpaired) electrons. The fourth-order valence-corrected chi connectivity index (χ4v) is 2.93. The normalized spacial score (nSPS) is 12.8. The van der Waals surface area contributed by atoms with Crippen LogP contribution in [-0.2, 0) is 14.3 Å². The lowest BCUT2D eigenvalue weighted by atomic mass is 10.0. The first-order chi connectivity index (χ1) is 13.5. The lowest BCUT2D eigenvalue weighted by molar-refractivity contribution is -0.122. The summed E-state index contributed by atoms with van der Waals surface area (Å²) in [6, 6.07) is 17.6. The minimum atomic E-state index is -0.326. The smallest absolute Gasteiger partial charge is 0.222 e. The van der Waals surface area contributed by atoms with Crippen molar-refractivity contribution in [2.45, 2.75) is 45.8 Å². The van der Waals surface area contributed by atoms with Gasteiger partial charge in [-0.05, 0) is 31.4 Å². The van der Waals surface area contributed by atoms with Gasteiger partial charge >= 0.3 is 0 Å². The van der Waals surface area contributed by atoms with E-state index < -0.39 is 0 Å². The second kappa shape index (κ2) is 11.2. The number of rotatable bonds is 10. The van der Waals surface area contributed by atoms with Crippen molar-refractivity contribution in [1.82, 2.24) is 10.6 Å². The predicted molar refractivity (Wildman–Crippen MR) is 111 cm³/mol. The van der Waals surface area contributed by atoms with Crippen molar-refractivity contribution in [3.8, 4) is 0 Å². The van der Waals surface area contributed by atoms with E-state index in [2.05, 4.69) is 10.6 Å². The third kappa shape index (κ3) is 7.53. The highest BCUT2D eigenvalue weighted by atomic mass is 16.5. The molecule has 2 unspecified atom stereocenters. The third-order valence-corrected chi connectivity index (χ3v) is 4.53. The molecular formula is C23H30N2O3. The van der Waals surface area contributed by atoms with E-state index in [9.17, 15) is 9.59 Å². The lowest BCUT2D eigenvalue weighted by Crippen LogP contribution is -2.33. The first-order valence-electron chi connectivity index (χ1n) is 9.72. The topological polar surface area (TPSA) is 67.4 Å². The Labute approximate surface area is 167 Å². The van der Waals surface area contributed by atoms with Crippen LogP contribution in [0.15, 0.2) is 54.6 Å². The molecule has 150 valence electrons. The Bertz CT molecular complexity index is 744. The molecule has 0 heterocycles. The van der Waals surface area contributed by atoms with Gasteiger partial charge in [-0.2, -0.15) is 0 Å². The number of amides is 2. The summed E-state index contributed by atoms with van der Waals surface area (Å²) in [5.74, 6) is -0.239. The molecule has 0 aliphatic rings. The zero-order valence-electron chi connectivity index (χ0n) is 16.9. The molecule has 0 aliphatic heterocycles. The molecule has 0 saturated carbocycles. The molecular weight excluding hydrogens is 352 g/mol. The summed E-state index contributed by atoms with van der Waals surface area (Å²) in [7, 11) is 0. The second-order valence-electron chi connectivity index (χ2n) is 7.00. The Morgan fingerprint density at radius 2 is 1.68 bits per heavy atom. The van der Waals surface area contributed by atoms with Gasteiger partial charge in [-0.15, -0.1) is 0 Å². The van der Waals surface area contributed by atoms with Crippen molar-refractivity contribution >= 4 is 11.8 Å². The van der Waals surface area contributed by atoms with Crippen LogP contribution in [0.4, 0.5) is 0 Å². The molecule has 28 heavy (non-hydrogen) atoms. The lowest BCUT2D eigenvalue weighted by Gasteiger charge is -2.18. The Morgan fingerprint density at radius 1 is 1.00 bits per heavy atom. The van der Waals surface area contributed by atoms with Crippen LogP contribution < -0.4 is 10.6 Å². The summed E-state index contributed by atoms with van der Waals surface area (Å²) in [5, 5.41) is 5.77. The largest absolute Gasteiger partial charge is 0.374 e. The number of benzene rings is 2. The van der Waals surface area contributed by atoms with Gasteiger partial charge in [-0.3, -0.25) is 9.59 Å². The van der Waals surface area contributed by atoms with Crippen molar-refractivity contribution in [2.24, 2.45) is 0 Å². The Morgan fingerprint density at radius 3 is 2.32 bits per heavy atom. The number of aryl methyl sites for hydroxylation is 1. The van der Waals surface area contributed by atoms with Gasteiger partial charge < -0.3 is 15.4 Å². The van der Waals surface area contributed by atoms with E-state index in [1.54, 1.807) is 0 Å². The van der Waals surface area contributed by atoms with E-state index in [-0.39, 0.29) is 30.4 Å². The van der Waals surface area contributed by atoms with E-state index in [1.165, 1.54) is 6.92 Å². The number of hydrogen-bond donors (Lipinski definition) is 2. The van der Waals surface area contributed by atoms with Crippen LogP contribution in [-0.4, -0.2) is 25.0 Å². The quantitative estimate of drug-likeness (QED) is 0.614. The molecule has 0 spiro atoms. The zero-order chi connectivity index (χ0) is 20.4. The monoisotopic (exact) mass is 382 g/mol. The summed E-state index contributed by atoms with van der Waals surface area (Å²) in [4.78, 5) is 23.8. The molecule has 2 atom stereocenters. The fourth-order valence-electron chi connectivity index (χ4n) is 2.93. The Balaban J connectivity index is 1.73. The number of carbonyl (C=O) groups excluding carboxylic acids is 2. The minimum Gasteiger partial charge on any atom is -0.374 e. The van der Waals surface area contributed by atoms with Gasteiger partial charge in [0.25, 0.3) is 0 Å². The summed E-state index contributed by atoms with van der Waals surface area (Å²) in [5.41, 5.74) is 3.21. The van der Waals surface area contributed by atoms with Crippen molar-refractivity contribution < 1.29 is 14.3 Å². The molecule has 0 fully saturated rings. The zero-order valence-corrected chi connectivity index (χ0v) is 16.9. The van der Waals surface area contributed by atoms with Gasteiger partial charge in [0.15, 0.2) is 0 Å². The van der Waals surface area contributed by atoms with E-state index in [4.69, 9.17) is 4.74 Å². The van der Waals surface area contributed by atoms with Crippen molar-refractivity contribution in [3.05, 3.63) is 71.3 Å². The fraction of sp³-hybridized carbons (Fsp3) is 0.391. The SMILES string of the molecule is CC(=O)NC(CC(=O)NCCCOC(C)c1ccccc1)c1ccc(C)cc1. The molecule has 0 saturated heterocycles. The minimum absolute atomic E-state index is 0.0302. The molecule has 2 N–H and O–H groups in total. The first-order valence-corrected chi connectivity index (χ1v) is 9.72. The van der Waals surface area contributed by atoms with Crippen LogP contribution in [0.5, 0.6) is 0 Å². The van der Waals surface area contributed by atoms with Gasteiger partial charge in [0.05, 0.1) is 18.6 Å². The highest BCUT2D eigenvalue weighted by Gasteiger charge is 2.16. The third-order valence-electron chi connectivity index (χ3n) is 4.53. The average Bonchev–Trinajstić information content (AvgIpc) is 2.68. The highest BCUT2D eigenvalue weighted by Crippen LogP contribution is 2.18. The highest BCUT2D eigenvalue weighted by molar-refractivity contribution is 5.79. The standard InChI is InChI=1S/C23H30N2O3/c1-17-10-12-21(13-11-17)22(25-19(3)26)16-23(27)24-14-7-15-28-18(2)20-8-5-4-6-9-20/h4-6,8-13,18,22H,7,14-16H2,1-3H3,(H,24,27)(H,25,26). The van der Waals surface area contributed by atoms with E-state index in [1.807, 2.05) is 68.4 Å². The number of nitrogens with one attached hydrogen (secondary N) is 2. The summed E-state index contributed by atoms with van der Waals surface area (Å²) in [6.45, 7) is 6.60. The van der Waals surface area contributed by atoms with E-state index in [0.29, 0.717) is 13.2 Å². The van der Waals surface area contributed by atoms with Crippen molar-refractivity contribution in [2.75, 3.05) is 13.2 Å². The maximum Gasteiger partial charge on any atom is 0.222 e. The average molecular weight is 383 g/mol. The summed E-state index contributed by atoms with van der Waals surface area (Å²) in [6.07, 6.45) is 0.977. The first kappa shape index (κ1) is 21.6. The maximum atomic E-state index is 12.3. The van der Waals surface area contributed by atoms with Gasteiger partial charge in [0.1, 0.15) is 0 Å². The van der Waals surface area contributed by atoms with Crippen LogP contribution >= 0.6 is 0 Å². The molecule has 5 heteroatoms. The Kier molecular flexibility index (Phi) is 8.69. The number of ether oxygens (including phenoxy) is 1. The number of hydrogen-bond acceptors (Lipinski definition) is 3. The van der Waals surface area contributed by atoms with Crippen molar-refractivity contribution in [1.29, 1.82) is 0 Å². The predicted octanol–water partition coefficient (Wildman–Crippen LogP) is 3.85. The molecule has 2 aromatic carbocycles. The van der Waals surface area contributed by atoms with Gasteiger partial charge in [-0.25, -0.2) is 0 Å². The molecule has 5 nitrogen and oxygen atoms in total. The molecule has 2 aromatic rings. The molecule has 0 aromatic heterocycles. The second-order valence-corrected chi connectivity index (χ2v) is 7.00. The summed E-state index contributed by atoms with van der Waals surface area (Å²) >= 11 is 0. The maximum absolute atomic E-state index is 12.3. The van der Waals surface area contributed by atoms with Gasteiger partial charge in [0, 0.05) is 20.1 Å². The van der Waals surface area contributed by atoms with Gasteiger partial charge in [-0.1, -0.05) is 60.2 Å². The van der Waals surface area contributed by atoms with Crippen molar-refractivity contribution in [3.63, 3.8) is 0 Å². The van der Waals surface area contributed by atoms with Crippen LogP contribution in [0.1, 0.15) is 55.5 Å². The summed E-state index contributed by atoms with van der Waals surface area (Å²) < 4.78 is 5.82.